The van der Waals surface area contributed by atoms with Crippen molar-refractivity contribution in [2.75, 3.05) is 38.1 Å². The number of aromatic nitrogens is 1. The number of rotatable bonds is 3. The lowest BCUT2D eigenvalue weighted by atomic mass is 9.99. The summed E-state index contributed by atoms with van der Waals surface area (Å²) in [4.78, 5) is 91.3. The number of nitrogens with one attached hydrogen (secondary N) is 3. The highest BCUT2D eigenvalue weighted by Crippen LogP contribution is 2.27. The van der Waals surface area contributed by atoms with Gasteiger partial charge in [-0.1, -0.05) is 48.0 Å². The van der Waals surface area contributed by atoms with Gasteiger partial charge in [-0.2, -0.15) is 0 Å². The number of piperidine rings is 1. The molecule has 4 saturated heterocycles. The Morgan fingerprint density at radius 2 is 1.61 bits per heavy atom. The first kappa shape index (κ1) is 41.3. The fraction of sp³-hybridized carbons (Fsp3) is 0.568. The molecule has 0 spiro atoms. The minimum Gasteiger partial charge on any atom is -0.464 e. The van der Waals surface area contributed by atoms with E-state index in [1.165, 1.54) is 10.5 Å². The predicted octanol–water partition coefficient (Wildman–Crippen LogP) is 1.63. The zero-order valence-electron chi connectivity index (χ0n) is 31.4. The van der Waals surface area contributed by atoms with E-state index in [9.17, 15) is 33.6 Å². The SMILES string of the molecule is CC1NC(=O)C2CCCCN2C(=O)C2CCCN2C(=O)CCOC(=O)C2C[C@@H](C)CN2C1=O.Cc1cc(NC(=O)NCC(N)=O)no1.Cc1ccccc1. The Kier molecular flexibility index (Phi) is 14.9. The number of primary amides is 1. The predicted molar refractivity (Wildman–Crippen MR) is 195 cm³/mol. The van der Waals surface area contributed by atoms with Gasteiger partial charge in [-0.05, 0) is 65.2 Å². The number of urea groups is 1. The molecule has 4 unspecified atom stereocenters. The zero-order valence-corrected chi connectivity index (χ0v) is 31.4. The van der Waals surface area contributed by atoms with Gasteiger partial charge in [0.2, 0.25) is 29.5 Å². The van der Waals surface area contributed by atoms with E-state index in [4.69, 9.17) is 15.0 Å². The van der Waals surface area contributed by atoms with Crippen molar-refractivity contribution < 1.29 is 42.8 Å². The number of cyclic esters (lactones) is 1. The van der Waals surface area contributed by atoms with Crippen molar-refractivity contribution in [3.63, 3.8) is 0 Å². The van der Waals surface area contributed by atoms with E-state index in [-0.39, 0.29) is 54.9 Å². The molecule has 4 aliphatic heterocycles. The summed E-state index contributed by atoms with van der Waals surface area (Å²) in [6.07, 6.45) is 3.88. The van der Waals surface area contributed by atoms with Gasteiger partial charge >= 0.3 is 12.0 Å². The van der Waals surface area contributed by atoms with Crippen molar-refractivity contribution in [1.82, 2.24) is 30.5 Å². The van der Waals surface area contributed by atoms with Crippen molar-refractivity contribution in [2.24, 2.45) is 11.7 Å². The molecule has 5 N–H and O–H groups in total. The van der Waals surface area contributed by atoms with Gasteiger partial charge in [-0.3, -0.25) is 29.3 Å². The summed E-state index contributed by atoms with van der Waals surface area (Å²) in [7, 11) is 0. The maximum absolute atomic E-state index is 13.4. The minimum atomic E-state index is -0.825. The maximum Gasteiger partial charge on any atom is 0.328 e. The number of benzene rings is 1. The Bertz CT molecular complexity index is 1650. The molecule has 1 aromatic carbocycles. The third-order valence-corrected chi connectivity index (χ3v) is 9.53. The van der Waals surface area contributed by atoms with E-state index in [1.54, 1.807) is 29.7 Å². The van der Waals surface area contributed by atoms with Crippen LogP contribution in [0.5, 0.6) is 0 Å². The molecule has 17 heteroatoms. The summed E-state index contributed by atoms with van der Waals surface area (Å²) in [6, 6.07) is 8.44. The van der Waals surface area contributed by atoms with Crippen LogP contribution in [0.1, 0.15) is 70.1 Å². The Labute approximate surface area is 314 Å². The van der Waals surface area contributed by atoms with Crippen LogP contribution in [0.3, 0.4) is 0 Å². The average molecular weight is 753 g/mol. The van der Waals surface area contributed by atoms with Crippen LogP contribution in [-0.2, 0) is 33.5 Å². The molecule has 0 bridgehead atoms. The number of anilines is 1. The minimum absolute atomic E-state index is 0.00788. The van der Waals surface area contributed by atoms with E-state index in [1.807, 2.05) is 25.1 Å². The third-order valence-electron chi connectivity index (χ3n) is 9.53. The first-order chi connectivity index (χ1) is 25.7. The molecule has 7 amide bonds. The second-order valence-electron chi connectivity index (χ2n) is 14.0. The first-order valence-corrected chi connectivity index (χ1v) is 18.4. The number of nitrogens with zero attached hydrogens (tertiary/aromatic N) is 4. The fourth-order valence-electron chi connectivity index (χ4n) is 6.88. The monoisotopic (exact) mass is 752 g/mol. The van der Waals surface area contributed by atoms with Gasteiger partial charge in [0.15, 0.2) is 5.82 Å². The molecule has 0 aliphatic carbocycles. The lowest BCUT2D eigenvalue weighted by Crippen LogP contribution is -2.59. The smallest absolute Gasteiger partial charge is 0.328 e. The topological polar surface area (TPSA) is 227 Å². The third kappa shape index (κ3) is 11.5. The van der Waals surface area contributed by atoms with E-state index in [0.717, 1.165) is 12.8 Å². The Balaban J connectivity index is 0.000000252. The van der Waals surface area contributed by atoms with Crippen LogP contribution >= 0.6 is 0 Å². The van der Waals surface area contributed by atoms with E-state index in [0.29, 0.717) is 51.1 Å². The summed E-state index contributed by atoms with van der Waals surface area (Å²) >= 11 is 0. The quantitative estimate of drug-likeness (QED) is 0.332. The molecule has 294 valence electrons. The van der Waals surface area contributed by atoms with Crippen molar-refractivity contribution in [1.29, 1.82) is 0 Å². The molecular formula is C37H52N8O9. The molecular weight excluding hydrogens is 700 g/mol. The normalized spacial score (nSPS) is 24.7. The van der Waals surface area contributed by atoms with E-state index < -0.39 is 42.1 Å². The molecule has 54 heavy (non-hydrogen) atoms. The summed E-state index contributed by atoms with van der Waals surface area (Å²) < 4.78 is 10.1. The number of fused-ring (bicyclic) bond motifs is 3. The van der Waals surface area contributed by atoms with Crippen LogP contribution in [0, 0.1) is 19.8 Å². The summed E-state index contributed by atoms with van der Waals surface area (Å²) in [5.41, 5.74) is 6.14. The van der Waals surface area contributed by atoms with Crippen LogP contribution in [-0.4, -0.2) is 118 Å². The van der Waals surface area contributed by atoms with Gasteiger partial charge in [0, 0.05) is 25.7 Å². The highest BCUT2D eigenvalue weighted by molar-refractivity contribution is 5.96. The zero-order chi connectivity index (χ0) is 39.4. The van der Waals surface area contributed by atoms with Gasteiger partial charge in [0.05, 0.1) is 13.0 Å². The molecule has 0 saturated carbocycles. The van der Waals surface area contributed by atoms with Crippen LogP contribution in [0.25, 0.3) is 0 Å². The maximum atomic E-state index is 13.4. The molecule has 2 aromatic rings. The number of aryl methyl sites for hydroxylation is 2. The number of esters is 1. The second kappa shape index (κ2) is 19.6. The molecule has 5 atom stereocenters. The Hall–Kier alpha value is -5.48. The number of hydrogen-bond donors (Lipinski definition) is 4. The number of carbonyl (C=O) groups is 7. The molecule has 4 aliphatic rings. The highest BCUT2D eigenvalue weighted by Gasteiger charge is 2.44. The number of amides is 7. The molecule has 0 radical (unpaired) electrons. The number of nitrogens with two attached hydrogens (primary N) is 1. The van der Waals surface area contributed by atoms with E-state index >= 15 is 0 Å². The van der Waals surface area contributed by atoms with Crippen LogP contribution in [0.4, 0.5) is 10.6 Å². The molecule has 17 nitrogen and oxygen atoms in total. The van der Waals surface area contributed by atoms with Crippen molar-refractivity contribution in [3.8, 4) is 0 Å². The van der Waals surface area contributed by atoms with Crippen LogP contribution < -0.4 is 21.7 Å². The van der Waals surface area contributed by atoms with Gasteiger partial charge in [-0.15, -0.1) is 0 Å². The summed E-state index contributed by atoms with van der Waals surface area (Å²) in [5.74, 6) is -1.31. The Morgan fingerprint density at radius 3 is 2.26 bits per heavy atom. The van der Waals surface area contributed by atoms with E-state index in [2.05, 4.69) is 40.2 Å². The van der Waals surface area contributed by atoms with Gasteiger partial charge < -0.3 is 40.3 Å². The number of carbonyl (C=O) groups excluding carboxylic acids is 7. The van der Waals surface area contributed by atoms with Gasteiger partial charge in [0.25, 0.3) is 0 Å². The fourth-order valence-corrected chi connectivity index (χ4v) is 6.88. The van der Waals surface area contributed by atoms with Crippen molar-refractivity contribution >= 4 is 47.4 Å². The van der Waals surface area contributed by atoms with Crippen molar-refractivity contribution in [2.45, 2.75) is 96.8 Å². The lowest BCUT2D eigenvalue weighted by molar-refractivity contribution is -0.156. The summed E-state index contributed by atoms with van der Waals surface area (Å²) in [6.45, 7) is 8.39. The largest absolute Gasteiger partial charge is 0.464 e. The summed E-state index contributed by atoms with van der Waals surface area (Å²) in [5, 5.41) is 10.9. The molecule has 1 aromatic heterocycles. The molecule has 5 heterocycles. The van der Waals surface area contributed by atoms with Crippen LogP contribution in [0.15, 0.2) is 40.9 Å². The van der Waals surface area contributed by atoms with Crippen LogP contribution in [0.2, 0.25) is 0 Å². The number of ether oxygens (including phenoxy) is 1. The molecule has 6 rings (SSSR count). The standard InChI is InChI=1S/C23H34N4O6.C7H10N4O3.C7H8/c1-14-12-18-23(32)33-11-8-19(28)25-10-5-7-17(25)22(31)26-9-4-3-6-16(26)20(29)24-15(2)21(30)27(18)13-14;1-4-2-6(11-14-4)10-7(13)9-3-5(8)12;1-7-5-3-2-4-6-7/h14-18H,3-13H2,1-2H3,(H,24,29);2H,3H2,1H3,(H2,8,12)(H2,9,10,11,13);2-6H,1H3/t14-,15?,16?,17?,18?;;/m1../s1. The van der Waals surface area contributed by atoms with Gasteiger partial charge in [-0.25, -0.2) is 9.59 Å². The Morgan fingerprint density at radius 1 is 0.907 bits per heavy atom. The van der Waals surface area contributed by atoms with Gasteiger partial charge in [0.1, 0.15) is 36.5 Å². The van der Waals surface area contributed by atoms with Crippen molar-refractivity contribution in [3.05, 3.63) is 47.7 Å². The molecule has 4 fully saturated rings. The number of hydrogen-bond acceptors (Lipinski definition) is 10. The highest BCUT2D eigenvalue weighted by atomic mass is 16.5. The average Bonchev–Trinajstić information content (AvgIpc) is 3.90. The first-order valence-electron chi connectivity index (χ1n) is 18.4. The lowest BCUT2D eigenvalue weighted by Gasteiger charge is -2.38. The second-order valence-corrected chi connectivity index (χ2v) is 14.0.